The highest BCUT2D eigenvalue weighted by atomic mass is 35.5. The number of rotatable bonds is 4. The molecule has 0 aliphatic carbocycles. The number of benzene rings is 1. The van der Waals surface area contributed by atoms with Crippen LogP contribution in [0.3, 0.4) is 0 Å². The van der Waals surface area contributed by atoms with Crippen LogP contribution in [0.15, 0.2) is 30.3 Å². The molecule has 2 atom stereocenters. The van der Waals surface area contributed by atoms with Crippen molar-refractivity contribution in [2.75, 3.05) is 18.1 Å². The lowest BCUT2D eigenvalue weighted by Gasteiger charge is -2.23. The van der Waals surface area contributed by atoms with Crippen molar-refractivity contribution in [1.82, 2.24) is 10.6 Å². The van der Waals surface area contributed by atoms with Crippen molar-refractivity contribution in [3.8, 4) is 0 Å². The van der Waals surface area contributed by atoms with Crippen LogP contribution >= 0.6 is 24.2 Å². The molecule has 1 fully saturated rings. The molecular weight excluding hydrogens is 280 g/mol. The van der Waals surface area contributed by atoms with Gasteiger partial charge < -0.3 is 10.6 Å². The molecule has 0 spiro atoms. The summed E-state index contributed by atoms with van der Waals surface area (Å²) in [5.74, 6) is 2.32. The Morgan fingerprint density at radius 3 is 2.84 bits per heavy atom. The zero-order valence-corrected chi connectivity index (χ0v) is 12.7. The van der Waals surface area contributed by atoms with Crippen LogP contribution < -0.4 is 10.6 Å². The summed E-state index contributed by atoms with van der Waals surface area (Å²) >= 11 is 1.92. The summed E-state index contributed by atoms with van der Waals surface area (Å²) in [6.07, 6.45) is 0.574. The van der Waals surface area contributed by atoms with Gasteiger partial charge in [-0.3, -0.25) is 4.79 Å². The van der Waals surface area contributed by atoms with E-state index in [2.05, 4.69) is 10.6 Å². The molecule has 106 valence electrons. The van der Waals surface area contributed by atoms with E-state index < -0.39 is 0 Å². The van der Waals surface area contributed by atoms with Crippen LogP contribution in [0.25, 0.3) is 0 Å². The van der Waals surface area contributed by atoms with Gasteiger partial charge in [0.1, 0.15) is 0 Å². The molecule has 1 aromatic carbocycles. The lowest BCUT2D eigenvalue weighted by molar-refractivity contribution is -0.122. The molecule has 2 N–H and O–H groups in total. The van der Waals surface area contributed by atoms with Gasteiger partial charge in [-0.2, -0.15) is 11.8 Å². The minimum Gasteiger partial charge on any atom is -0.350 e. The molecule has 5 heteroatoms. The van der Waals surface area contributed by atoms with Crippen LogP contribution in [-0.2, 0) is 4.79 Å². The van der Waals surface area contributed by atoms with Crippen molar-refractivity contribution in [1.29, 1.82) is 0 Å². The summed E-state index contributed by atoms with van der Waals surface area (Å²) in [5.41, 5.74) is 1.15. The zero-order valence-electron chi connectivity index (χ0n) is 11.1. The minimum absolute atomic E-state index is 0. The third-order valence-corrected chi connectivity index (χ3v) is 4.24. The van der Waals surface area contributed by atoms with E-state index in [1.807, 2.05) is 49.0 Å². The van der Waals surface area contributed by atoms with Crippen LogP contribution in [0, 0.1) is 0 Å². The number of nitrogens with one attached hydrogen (secondary N) is 2. The van der Waals surface area contributed by atoms with Gasteiger partial charge in [-0.25, -0.2) is 0 Å². The topological polar surface area (TPSA) is 41.1 Å². The molecule has 1 amide bonds. The van der Waals surface area contributed by atoms with E-state index in [0.29, 0.717) is 12.5 Å². The predicted octanol–water partition coefficient (Wildman–Crippen LogP) is 2.38. The Balaban J connectivity index is 0.00000180. The minimum atomic E-state index is 0. The number of carbonyl (C=O) groups is 1. The third kappa shape index (κ3) is 5.43. The van der Waals surface area contributed by atoms with Gasteiger partial charge in [0.25, 0.3) is 0 Å². The first kappa shape index (κ1) is 16.3. The van der Waals surface area contributed by atoms with E-state index in [1.165, 1.54) is 0 Å². The Morgan fingerprint density at radius 2 is 2.21 bits per heavy atom. The Kier molecular flexibility index (Phi) is 7.28. The van der Waals surface area contributed by atoms with Gasteiger partial charge in [0, 0.05) is 30.5 Å². The highest BCUT2D eigenvalue weighted by Gasteiger charge is 2.17. The van der Waals surface area contributed by atoms with Crippen LogP contribution in [0.5, 0.6) is 0 Å². The van der Waals surface area contributed by atoms with Crippen molar-refractivity contribution in [3.63, 3.8) is 0 Å². The quantitative estimate of drug-likeness (QED) is 0.897. The van der Waals surface area contributed by atoms with Gasteiger partial charge in [-0.05, 0) is 12.5 Å². The molecule has 19 heavy (non-hydrogen) atoms. The first-order valence-corrected chi connectivity index (χ1v) is 7.56. The van der Waals surface area contributed by atoms with E-state index in [0.717, 1.165) is 23.6 Å². The Morgan fingerprint density at radius 1 is 1.47 bits per heavy atom. The van der Waals surface area contributed by atoms with Crippen LogP contribution in [0.4, 0.5) is 0 Å². The maximum atomic E-state index is 11.9. The number of hydrogen-bond donors (Lipinski definition) is 2. The van der Waals surface area contributed by atoms with E-state index in [9.17, 15) is 4.79 Å². The molecule has 1 saturated heterocycles. The molecule has 1 unspecified atom stereocenters. The maximum absolute atomic E-state index is 11.9. The number of halogens is 1. The second-order valence-corrected chi connectivity index (χ2v) is 5.78. The van der Waals surface area contributed by atoms with Crippen LogP contribution in [-0.4, -0.2) is 30.0 Å². The summed E-state index contributed by atoms with van der Waals surface area (Å²) in [4.78, 5) is 11.9. The molecule has 1 aromatic rings. The van der Waals surface area contributed by atoms with Gasteiger partial charge in [0.2, 0.25) is 5.91 Å². The second-order valence-electron chi connectivity index (χ2n) is 4.63. The van der Waals surface area contributed by atoms with Crippen molar-refractivity contribution in [2.24, 2.45) is 0 Å². The van der Waals surface area contributed by atoms with E-state index in [4.69, 9.17) is 0 Å². The summed E-state index contributed by atoms with van der Waals surface area (Å²) < 4.78 is 0. The average Bonchev–Trinajstić information content (AvgIpc) is 2.40. The van der Waals surface area contributed by atoms with E-state index >= 15 is 0 Å². The monoisotopic (exact) mass is 300 g/mol. The van der Waals surface area contributed by atoms with Crippen LogP contribution in [0.1, 0.15) is 24.9 Å². The molecule has 0 radical (unpaired) electrons. The van der Waals surface area contributed by atoms with Gasteiger partial charge in [0.15, 0.2) is 0 Å². The Hall–Kier alpha value is -0.710. The summed E-state index contributed by atoms with van der Waals surface area (Å²) in [6.45, 7) is 3.03. The SMILES string of the molecule is C[C@@H](NC(=O)CC1CSCCN1)c1ccccc1.Cl. The zero-order chi connectivity index (χ0) is 12.8. The first-order valence-electron chi connectivity index (χ1n) is 6.41. The molecular formula is C14H21ClN2OS. The Bertz CT molecular complexity index is 382. The lowest BCUT2D eigenvalue weighted by atomic mass is 10.1. The first-order chi connectivity index (χ1) is 8.75. The predicted molar refractivity (Wildman–Crippen MR) is 84.0 cm³/mol. The van der Waals surface area contributed by atoms with E-state index in [1.54, 1.807) is 0 Å². The lowest BCUT2D eigenvalue weighted by Crippen LogP contribution is -2.41. The Labute approximate surface area is 125 Å². The molecule has 0 saturated carbocycles. The summed E-state index contributed by atoms with van der Waals surface area (Å²) in [5, 5.41) is 6.44. The number of carbonyl (C=O) groups excluding carboxylic acids is 1. The number of hydrogen-bond acceptors (Lipinski definition) is 3. The maximum Gasteiger partial charge on any atom is 0.222 e. The molecule has 1 aliphatic rings. The van der Waals surface area contributed by atoms with E-state index in [-0.39, 0.29) is 24.4 Å². The van der Waals surface area contributed by atoms with Crippen molar-refractivity contribution < 1.29 is 4.79 Å². The molecule has 1 aliphatic heterocycles. The highest BCUT2D eigenvalue weighted by Crippen LogP contribution is 2.13. The average molecular weight is 301 g/mol. The van der Waals surface area contributed by atoms with Crippen LogP contribution in [0.2, 0.25) is 0 Å². The van der Waals surface area contributed by atoms with Gasteiger partial charge in [-0.1, -0.05) is 30.3 Å². The van der Waals surface area contributed by atoms with Gasteiger partial charge in [-0.15, -0.1) is 12.4 Å². The molecule has 0 bridgehead atoms. The highest BCUT2D eigenvalue weighted by molar-refractivity contribution is 7.99. The molecule has 3 nitrogen and oxygen atoms in total. The summed E-state index contributed by atoms with van der Waals surface area (Å²) in [7, 11) is 0. The fraction of sp³-hybridized carbons (Fsp3) is 0.500. The van der Waals surface area contributed by atoms with Gasteiger partial charge >= 0.3 is 0 Å². The molecule has 2 rings (SSSR count). The fourth-order valence-corrected chi connectivity index (χ4v) is 3.05. The van der Waals surface area contributed by atoms with Crippen molar-refractivity contribution in [3.05, 3.63) is 35.9 Å². The normalized spacial score (nSPS) is 20.2. The van der Waals surface area contributed by atoms with Gasteiger partial charge in [0.05, 0.1) is 6.04 Å². The molecule has 0 aromatic heterocycles. The van der Waals surface area contributed by atoms with Crippen molar-refractivity contribution >= 4 is 30.1 Å². The van der Waals surface area contributed by atoms with Crippen molar-refractivity contribution in [2.45, 2.75) is 25.4 Å². The number of amides is 1. The fourth-order valence-electron chi connectivity index (χ4n) is 2.10. The second kappa shape index (κ2) is 8.46. The largest absolute Gasteiger partial charge is 0.350 e. The summed E-state index contributed by atoms with van der Waals surface area (Å²) in [6, 6.07) is 10.5. The third-order valence-electron chi connectivity index (χ3n) is 3.11. The smallest absolute Gasteiger partial charge is 0.222 e. The molecule has 1 heterocycles. The standard InChI is InChI=1S/C14H20N2OS.ClH/c1-11(12-5-3-2-4-6-12)16-14(17)9-13-10-18-8-7-15-13;/h2-6,11,13,15H,7-10H2,1H3,(H,16,17);1H/t11-,13?;/m1./s1. The number of thioether (sulfide) groups is 1.